The van der Waals surface area contributed by atoms with E-state index < -0.39 is 10.0 Å². The minimum Gasteiger partial charge on any atom is -0.338 e. The van der Waals surface area contributed by atoms with Crippen LogP contribution in [0.2, 0.25) is 0 Å². The Hall–Kier alpha value is -0.620. The first kappa shape index (κ1) is 15.9. The SMILES string of the molecule is CC1CCC(NS(=O)(=O)CC(=O)N2C[C@H]3[C@H]4CC[C@@H](C4)[C@H]32)CC1. The Bertz CT molecular complexity index is 581. The van der Waals surface area contributed by atoms with Gasteiger partial charge < -0.3 is 4.90 Å². The van der Waals surface area contributed by atoms with Crippen molar-refractivity contribution in [1.82, 2.24) is 9.62 Å². The molecule has 2 bridgehead atoms. The van der Waals surface area contributed by atoms with Gasteiger partial charge in [-0.1, -0.05) is 6.92 Å². The number of sulfonamides is 1. The zero-order chi connectivity index (χ0) is 16.2. The second-order valence-corrected chi connectivity index (χ2v) is 10.1. The molecule has 0 aromatic carbocycles. The molecule has 3 aliphatic carbocycles. The first-order valence-corrected chi connectivity index (χ1v) is 10.9. The van der Waals surface area contributed by atoms with Crippen molar-refractivity contribution in [1.29, 1.82) is 0 Å². The van der Waals surface area contributed by atoms with Crippen LogP contribution in [-0.2, 0) is 14.8 Å². The number of carbonyl (C=O) groups is 1. The number of nitrogens with zero attached hydrogens (tertiary/aromatic N) is 1. The molecule has 4 fully saturated rings. The van der Waals surface area contributed by atoms with Crippen LogP contribution < -0.4 is 4.72 Å². The molecule has 6 heteroatoms. The van der Waals surface area contributed by atoms with Gasteiger partial charge in [0.25, 0.3) is 0 Å². The zero-order valence-corrected chi connectivity index (χ0v) is 14.7. The second kappa shape index (κ2) is 5.73. The number of rotatable bonds is 4. The van der Waals surface area contributed by atoms with Gasteiger partial charge >= 0.3 is 0 Å². The minimum atomic E-state index is -3.50. The summed E-state index contributed by atoms with van der Waals surface area (Å²) in [5, 5.41) is 0. The summed E-state index contributed by atoms with van der Waals surface area (Å²) < 4.78 is 27.4. The van der Waals surface area contributed by atoms with Gasteiger partial charge in [0.1, 0.15) is 5.75 Å². The third-order valence-corrected chi connectivity index (χ3v) is 8.12. The Morgan fingerprint density at radius 1 is 1.09 bits per heavy atom. The lowest BCUT2D eigenvalue weighted by Crippen LogP contribution is -2.62. The molecule has 0 radical (unpaired) electrons. The van der Waals surface area contributed by atoms with Crippen molar-refractivity contribution in [2.45, 2.75) is 64.0 Å². The summed E-state index contributed by atoms with van der Waals surface area (Å²) in [5.74, 6) is 2.24. The van der Waals surface area contributed by atoms with Crippen molar-refractivity contribution in [2.24, 2.45) is 23.7 Å². The van der Waals surface area contributed by atoms with Crippen molar-refractivity contribution < 1.29 is 13.2 Å². The van der Waals surface area contributed by atoms with E-state index in [9.17, 15) is 13.2 Å². The summed E-state index contributed by atoms with van der Waals surface area (Å²) >= 11 is 0. The van der Waals surface area contributed by atoms with E-state index in [1.165, 1.54) is 19.3 Å². The predicted molar refractivity (Wildman–Crippen MR) is 88.2 cm³/mol. The number of nitrogens with one attached hydrogen (secondary N) is 1. The van der Waals surface area contributed by atoms with Gasteiger partial charge in [-0.2, -0.15) is 0 Å². The third kappa shape index (κ3) is 2.93. The molecule has 1 aliphatic heterocycles. The first-order valence-electron chi connectivity index (χ1n) is 9.22. The Morgan fingerprint density at radius 3 is 2.48 bits per heavy atom. The van der Waals surface area contributed by atoms with Gasteiger partial charge in [-0.25, -0.2) is 13.1 Å². The van der Waals surface area contributed by atoms with Crippen LogP contribution in [0.1, 0.15) is 51.9 Å². The molecule has 1 saturated heterocycles. The molecule has 23 heavy (non-hydrogen) atoms. The number of hydrogen-bond acceptors (Lipinski definition) is 3. The van der Waals surface area contributed by atoms with Crippen molar-refractivity contribution in [2.75, 3.05) is 12.3 Å². The first-order chi connectivity index (χ1) is 10.9. The summed E-state index contributed by atoms with van der Waals surface area (Å²) in [6.45, 7) is 3.00. The molecule has 3 saturated carbocycles. The van der Waals surface area contributed by atoms with Gasteiger partial charge in [-0.3, -0.25) is 4.79 Å². The molecular formula is C17H28N2O3S. The summed E-state index contributed by atoms with van der Waals surface area (Å²) in [4.78, 5) is 14.3. The average molecular weight is 340 g/mol. The molecule has 0 aromatic rings. The van der Waals surface area contributed by atoms with Crippen LogP contribution in [0.4, 0.5) is 0 Å². The highest BCUT2D eigenvalue weighted by molar-refractivity contribution is 7.90. The Morgan fingerprint density at radius 2 is 1.78 bits per heavy atom. The maximum absolute atomic E-state index is 12.5. The van der Waals surface area contributed by atoms with Crippen LogP contribution in [0.3, 0.4) is 0 Å². The summed E-state index contributed by atoms with van der Waals surface area (Å²) in [6.07, 6.45) is 7.72. The fourth-order valence-electron chi connectivity index (χ4n) is 5.52. The quantitative estimate of drug-likeness (QED) is 0.848. The number of amides is 1. The molecule has 1 heterocycles. The van der Waals surface area contributed by atoms with Gasteiger partial charge in [-0.05, 0) is 62.7 Å². The molecule has 4 rings (SSSR count). The molecular weight excluding hydrogens is 312 g/mol. The summed E-state index contributed by atoms with van der Waals surface area (Å²) in [7, 11) is -3.50. The van der Waals surface area contributed by atoms with Crippen molar-refractivity contribution >= 4 is 15.9 Å². The van der Waals surface area contributed by atoms with E-state index >= 15 is 0 Å². The standard InChI is InChI=1S/C17H28N2O3S/c1-11-2-6-14(7-3-11)18-23(21,22)10-16(20)19-9-15-12-4-5-13(8-12)17(15)19/h11-15,17-18H,2-10H2,1H3/t11?,12-,13-,14?,15-,17+/m0/s1. The highest BCUT2D eigenvalue weighted by atomic mass is 32.2. The zero-order valence-electron chi connectivity index (χ0n) is 13.9. The maximum Gasteiger partial charge on any atom is 0.239 e. The van der Waals surface area contributed by atoms with Crippen LogP contribution in [0.5, 0.6) is 0 Å². The Balaban J connectivity index is 1.32. The normalized spacial score (nSPS) is 42.4. The van der Waals surface area contributed by atoms with Gasteiger partial charge in [-0.15, -0.1) is 0 Å². The average Bonchev–Trinajstić information content (AvgIpc) is 2.97. The van der Waals surface area contributed by atoms with E-state index in [1.54, 1.807) is 0 Å². The lowest BCUT2D eigenvalue weighted by molar-refractivity contribution is -0.143. The van der Waals surface area contributed by atoms with Crippen LogP contribution in [0, 0.1) is 23.7 Å². The van der Waals surface area contributed by atoms with Crippen molar-refractivity contribution in [3.63, 3.8) is 0 Å². The van der Waals surface area contributed by atoms with Crippen LogP contribution >= 0.6 is 0 Å². The maximum atomic E-state index is 12.5. The van der Waals surface area contributed by atoms with Gasteiger partial charge in [0.15, 0.2) is 0 Å². The highest BCUT2D eigenvalue weighted by Gasteiger charge is 2.57. The van der Waals surface area contributed by atoms with Crippen molar-refractivity contribution in [3.05, 3.63) is 0 Å². The van der Waals surface area contributed by atoms with E-state index in [4.69, 9.17) is 0 Å². The lowest BCUT2D eigenvalue weighted by atomic mass is 9.77. The highest BCUT2D eigenvalue weighted by Crippen LogP contribution is 2.55. The number of carbonyl (C=O) groups excluding carboxylic acids is 1. The fourth-order valence-corrected chi connectivity index (χ4v) is 6.84. The van der Waals surface area contributed by atoms with Crippen LogP contribution in [0.15, 0.2) is 0 Å². The largest absolute Gasteiger partial charge is 0.338 e. The van der Waals surface area contributed by atoms with Gasteiger partial charge in [0, 0.05) is 24.5 Å². The van der Waals surface area contributed by atoms with Gasteiger partial charge in [0.2, 0.25) is 15.9 Å². The fraction of sp³-hybridized carbons (Fsp3) is 0.941. The molecule has 4 atom stereocenters. The van der Waals surface area contributed by atoms with Crippen molar-refractivity contribution in [3.8, 4) is 0 Å². The molecule has 1 amide bonds. The smallest absolute Gasteiger partial charge is 0.239 e. The Kier molecular flexibility index (Phi) is 3.95. The number of likely N-dealkylation sites (tertiary alicyclic amines) is 1. The van der Waals surface area contributed by atoms with Crippen LogP contribution in [0.25, 0.3) is 0 Å². The van der Waals surface area contributed by atoms with Crippen LogP contribution in [-0.4, -0.2) is 43.6 Å². The molecule has 1 N–H and O–H groups in total. The van der Waals surface area contributed by atoms with E-state index in [2.05, 4.69) is 11.6 Å². The minimum absolute atomic E-state index is 0.0237. The molecule has 5 nitrogen and oxygen atoms in total. The second-order valence-electron chi connectivity index (χ2n) is 8.37. The molecule has 0 spiro atoms. The Labute approximate surface area is 139 Å². The number of hydrogen-bond donors (Lipinski definition) is 1. The topological polar surface area (TPSA) is 66.5 Å². The van der Waals surface area contributed by atoms with Gasteiger partial charge in [0.05, 0.1) is 0 Å². The summed E-state index contributed by atoms with van der Waals surface area (Å²) in [5.41, 5.74) is 0. The molecule has 4 aliphatic rings. The molecule has 0 aromatic heterocycles. The van der Waals surface area contributed by atoms with E-state index in [1.807, 2.05) is 4.90 Å². The molecule has 0 unspecified atom stereocenters. The van der Waals surface area contributed by atoms with E-state index in [0.717, 1.165) is 38.1 Å². The predicted octanol–water partition coefficient (Wildman–Crippen LogP) is 1.74. The third-order valence-electron chi connectivity index (χ3n) is 6.80. The van der Waals surface area contributed by atoms with E-state index in [-0.39, 0.29) is 17.7 Å². The monoisotopic (exact) mass is 340 g/mol. The lowest BCUT2D eigenvalue weighted by Gasteiger charge is -2.50. The molecule has 130 valence electrons. The van der Waals surface area contributed by atoms with E-state index in [0.29, 0.717) is 23.8 Å². The summed E-state index contributed by atoms with van der Waals surface area (Å²) in [6, 6.07) is 0.377. The number of fused-ring (bicyclic) bond motifs is 5.